The molecule has 0 fully saturated rings. The van der Waals surface area contributed by atoms with Crippen molar-refractivity contribution >= 4 is 17.4 Å². The number of likely N-dealkylation sites (N-methyl/N-ethyl adjacent to an activating group) is 1. The minimum atomic E-state index is -0.483. The van der Waals surface area contributed by atoms with Crippen LogP contribution in [-0.4, -0.2) is 24.3 Å². The van der Waals surface area contributed by atoms with Gasteiger partial charge in [-0.2, -0.15) is 0 Å². The van der Waals surface area contributed by atoms with Crippen LogP contribution in [0.5, 0.6) is 0 Å². The highest BCUT2D eigenvalue weighted by molar-refractivity contribution is 6.31. The number of nitrogens with zero attached hydrogens (tertiary/aromatic N) is 1. The topological polar surface area (TPSA) is 20.3 Å². The number of benzene rings is 2. The van der Waals surface area contributed by atoms with Gasteiger partial charge >= 0.3 is 0 Å². The molecule has 0 spiro atoms. The lowest BCUT2D eigenvalue weighted by molar-refractivity contribution is 0.0939. The summed E-state index contributed by atoms with van der Waals surface area (Å²) in [6.45, 7) is 0.687. The van der Waals surface area contributed by atoms with Crippen molar-refractivity contribution < 1.29 is 9.18 Å². The summed E-state index contributed by atoms with van der Waals surface area (Å²) in [5.41, 5.74) is 1.07. The van der Waals surface area contributed by atoms with Crippen LogP contribution in [0.25, 0.3) is 0 Å². The molecule has 2 aromatic carbocycles. The van der Waals surface area contributed by atoms with Crippen LogP contribution in [0, 0.1) is 5.82 Å². The lowest BCUT2D eigenvalue weighted by Gasteiger charge is -2.16. The predicted molar refractivity (Wildman–Crippen MR) is 78.5 cm³/mol. The van der Waals surface area contributed by atoms with E-state index in [4.69, 9.17) is 11.6 Å². The fourth-order valence-corrected chi connectivity index (χ4v) is 2.19. The number of carbonyl (C=O) groups is 1. The summed E-state index contributed by atoms with van der Waals surface area (Å²) < 4.78 is 13.5. The van der Waals surface area contributed by atoms with Crippen molar-refractivity contribution in [2.75, 3.05) is 13.6 Å². The molecule has 0 radical (unpaired) electrons. The zero-order chi connectivity index (χ0) is 14.5. The van der Waals surface area contributed by atoms with Gasteiger partial charge in [-0.25, -0.2) is 4.39 Å². The quantitative estimate of drug-likeness (QED) is 0.781. The van der Waals surface area contributed by atoms with Crippen LogP contribution in [0.15, 0.2) is 48.5 Å². The Hall–Kier alpha value is -1.71. The predicted octanol–water partition coefficient (Wildman–Crippen LogP) is 3.79. The summed E-state index contributed by atoms with van der Waals surface area (Å²) >= 11 is 6.08. The third-order valence-electron chi connectivity index (χ3n) is 2.99. The maximum atomic E-state index is 13.5. The molecule has 0 aliphatic rings. The molecule has 104 valence electrons. The minimum Gasteiger partial charge on any atom is -0.295 e. The monoisotopic (exact) mass is 291 g/mol. The van der Waals surface area contributed by atoms with E-state index in [-0.39, 0.29) is 17.9 Å². The van der Waals surface area contributed by atoms with Crippen molar-refractivity contribution in [2.24, 2.45) is 0 Å². The zero-order valence-electron chi connectivity index (χ0n) is 11.1. The molecule has 0 amide bonds. The van der Waals surface area contributed by atoms with E-state index in [0.717, 1.165) is 5.56 Å². The largest absolute Gasteiger partial charge is 0.295 e. The average Bonchev–Trinajstić information content (AvgIpc) is 2.41. The van der Waals surface area contributed by atoms with Gasteiger partial charge in [0.15, 0.2) is 5.78 Å². The first kappa shape index (κ1) is 14.7. The van der Waals surface area contributed by atoms with Crippen LogP contribution < -0.4 is 0 Å². The molecule has 2 aromatic rings. The van der Waals surface area contributed by atoms with Gasteiger partial charge in [0.25, 0.3) is 0 Å². The van der Waals surface area contributed by atoms with Gasteiger partial charge in [-0.05, 0) is 30.8 Å². The van der Waals surface area contributed by atoms with E-state index < -0.39 is 5.82 Å². The van der Waals surface area contributed by atoms with Gasteiger partial charge in [0.05, 0.1) is 12.1 Å². The Morgan fingerprint density at radius 3 is 2.50 bits per heavy atom. The summed E-state index contributed by atoms with van der Waals surface area (Å²) in [6.07, 6.45) is 0. The molecular weight excluding hydrogens is 277 g/mol. The molecule has 0 aliphatic heterocycles. The van der Waals surface area contributed by atoms with E-state index in [0.29, 0.717) is 11.6 Å². The molecule has 0 unspecified atom stereocenters. The number of ketones is 1. The number of hydrogen-bond donors (Lipinski definition) is 0. The first-order chi connectivity index (χ1) is 9.58. The normalized spacial score (nSPS) is 10.8. The SMILES string of the molecule is CN(CC(=O)c1ccccc1F)Cc1ccccc1Cl. The van der Waals surface area contributed by atoms with E-state index in [9.17, 15) is 9.18 Å². The Kier molecular flexibility index (Phi) is 4.88. The average molecular weight is 292 g/mol. The second-order valence-electron chi connectivity index (χ2n) is 4.67. The Balaban J connectivity index is 2.02. The number of carbonyl (C=O) groups excluding carboxylic acids is 1. The van der Waals surface area contributed by atoms with Crippen LogP contribution >= 0.6 is 11.6 Å². The summed E-state index contributed by atoms with van der Waals surface area (Å²) in [6, 6.07) is 13.5. The van der Waals surface area contributed by atoms with E-state index in [1.807, 2.05) is 36.2 Å². The maximum Gasteiger partial charge on any atom is 0.179 e. The van der Waals surface area contributed by atoms with E-state index in [1.165, 1.54) is 12.1 Å². The molecule has 0 bridgehead atoms. The molecule has 0 heterocycles. The Morgan fingerprint density at radius 2 is 1.80 bits per heavy atom. The molecule has 2 rings (SSSR count). The highest BCUT2D eigenvalue weighted by Gasteiger charge is 2.14. The summed E-state index contributed by atoms with van der Waals surface area (Å²) in [7, 11) is 1.81. The van der Waals surface area contributed by atoms with Crippen LogP contribution in [0.2, 0.25) is 5.02 Å². The van der Waals surface area contributed by atoms with Gasteiger partial charge in [0, 0.05) is 11.6 Å². The molecule has 0 aromatic heterocycles. The lowest BCUT2D eigenvalue weighted by atomic mass is 10.1. The van der Waals surface area contributed by atoms with E-state index in [1.54, 1.807) is 12.1 Å². The van der Waals surface area contributed by atoms with Crippen LogP contribution in [0.4, 0.5) is 4.39 Å². The van der Waals surface area contributed by atoms with Crippen molar-refractivity contribution in [3.63, 3.8) is 0 Å². The minimum absolute atomic E-state index is 0.124. The summed E-state index contributed by atoms with van der Waals surface area (Å²) in [5, 5.41) is 0.665. The maximum absolute atomic E-state index is 13.5. The molecular formula is C16H15ClFNO. The fourth-order valence-electron chi connectivity index (χ4n) is 1.99. The third-order valence-corrected chi connectivity index (χ3v) is 3.35. The Bertz CT molecular complexity index is 615. The molecule has 0 saturated heterocycles. The smallest absolute Gasteiger partial charge is 0.179 e. The van der Waals surface area contributed by atoms with Crippen molar-refractivity contribution in [3.8, 4) is 0 Å². The van der Waals surface area contributed by atoms with Gasteiger partial charge in [-0.15, -0.1) is 0 Å². The van der Waals surface area contributed by atoms with Crippen molar-refractivity contribution in [3.05, 3.63) is 70.5 Å². The fraction of sp³-hybridized carbons (Fsp3) is 0.188. The Labute approximate surface area is 122 Å². The highest BCUT2D eigenvalue weighted by atomic mass is 35.5. The van der Waals surface area contributed by atoms with Gasteiger partial charge in [-0.1, -0.05) is 41.9 Å². The van der Waals surface area contributed by atoms with Gasteiger partial charge in [-0.3, -0.25) is 9.69 Å². The summed E-state index contributed by atoms with van der Waals surface area (Å²) in [4.78, 5) is 13.9. The number of rotatable bonds is 5. The molecule has 4 heteroatoms. The second-order valence-corrected chi connectivity index (χ2v) is 5.07. The molecule has 2 nitrogen and oxygen atoms in total. The lowest BCUT2D eigenvalue weighted by Crippen LogP contribution is -2.26. The molecule has 0 aliphatic carbocycles. The standard InChI is InChI=1S/C16H15ClFNO/c1-19(10-12-6-2-4-8-14(12)17)11-16(20)13-7-3-5-9-15(13)18/h2-9H,10-11H2,1H3. The molecule has 0 atom stereocenters. The van der Waals surface area contributed by atoms with Crippen LogP contribution in [-0.2, 0) is 6.54 Å². The van der Waals surface area contributed by atoms with Gasteiger partial charge in [0.1, 0.15) is 5.82 Å². The first-order valence-corrected chi connectivity index (χ1v) is 6.65. The number of hydrogen-bond acceptors (Lipinski definition) is 2. The highest BCUT2D eigenvalue weighted by Crippen LogP contribution is 2.16. The molecule has 20 heavy (non-hydrogen) atoms. The molecule has 0 saturated carbocycles. The first-order valence-electron chi connectivity index (χ1n) is 6.27. The second kappa shape index (κ2) is 6.64. The van der Waals surface area contributed by atoms with Gasteiger partial charge < -0.3 is 0 Å². The van der Waals surface area contributed by atoms with E-state index >= 15 is 0 Å². The van der Waals surface area contributed by atoms with Crippen LogP contribution in [0.3, 0.4) is 0 Å². The number of Topliss-reactive ketones (excluding diaryl/α,β-unsaturated/α-hetero) is 1. The Morgan fingerprint density at radius 1 is 1.15 bits per heavy atom. The van der Waals surface area contributed by atoms with Crippen molar-refractivity contribution in [2.45, 2.75) is 6.54 Å². The zero-order valence-corrected chi connectivity index (χ0v) is 11.9. The van der Waals surface area contributed by atoms with E-state index in [2.05, 4.69) is 0 Å². The van der Waals surface area contributed by atoms with Crippen molar-refractivity contribution in [1.82, 2.24) is 4.90 Å². The van der Waals surface area contributed by atoms with Gasteiger partial charge in [0.2, 0.25) is 0 Å². The van der Waals surface area contributed by atoms with Crippen LogP contribution in [0.1, 0.15) is 15.9 Å². The van der Waals surface area contributed by atoms with Crippen molar-refractivity contribution in [1.29, 1.82) is 0 Å². The molecule has 0 N–H and O–H groups in total. The number of halogens is 2. The summed E-state index contributed by atoms with van der Waals surface area (Å²) in [5.74, 6) is -0.721. The third kappa shape index (κ3) is 3.65.